The Labute approximate surface area is 99.7 Å². The highest BCUT2D eigenvalue weighted by Crippen LogP contribution is 2.19. The molecule has 0 N–H and O–H groups in total. The molecule has 2 saturated heterocycles. The molecule has 16 heavy (non-hydrogen) atoms. The van der Waals surface area contributed by atoms with E-state index in [-0.39, 0.29) is 0 Å². The Bertz CT molecular complexity index is 192. The highest BCUT2D eigenvalue weighted by Gasteiger charge is 2.19. The topological polar surface area (TPSA) is 15.7 Å². The van der Waals surface area contributed by atoms with Gasteiger partial charge in [0.25, 0.3) is 0 Å². The van der Waals surface area contributed by atoms with Crippen LogP contribution in [0.25, 0.3) is 0 Å². The quantitative estimate of drug-likeness (QED) is 0.721. The maximum Gasteiger partial charge on any atom is 0.0594 e. The van der Waals surface area contributed by atoms with Gasteiger partial charge in [0.2, 0.25) is 0 Å². The molecule has 3 heteroatoms. The largest absolute Gasteiger partial charge is 0.379 e. The van der Waals surface area contributed by atoms with Gasteiger partial charge in [-0.15, -0.1) is 0 Å². The van der Waals surface area contributed by atoms with Gasteiger partial charge in [-0.1, -0.05) is 6.92 Å². The number of hydrogen-bond donors (Lipinski definition) is 0. The second-order valence-electron chi connectivity index (χ2n) is 5.14. The first-order valence-corrected chi connectivity index (χ1v) is 6.91. The lowest BCUT2D eigenvalue weighted by Crippen LogP contribution is -2.40. The lowest BCUT2D eigenvalue weighted by atomic mass is 9.94. The molecule has 0 amide bonds. The Hall–Kier alpha value is -0.120. The van der Waals surface area contributed by atoms with E-state index in [2.05, 4.69) is 16.7 Å². The van der Waals surface area contributed by atoms with Gasteiger partial charge in [0.05, 0.1) is 13.2 Å². The van der Waals surface area contributed by atoms with Crippen LogP contribution in [0.2, 0.25) is 0 Å². The third-order valence-corrected chi connectivity index (χ3v) is 4.01. The van der Waals surface area contributed by atoms with Crippen molar-refractivity contribution in [2.24, 2.45) is 5.92 Å². The zero-order chi connectivity index (χ0) is 11.2. The Balaban J connectivity index is 1.64. The van der Waals surface area contributed by atoms with E-state index in [1.165, 1.54) is 45.4 Å². The van der Waals surface area contributed by atoms with Gasteiger partial charge in [0.15, 0.2) is 0 Å². The summed E-state index contributed by atoms with van der Waals surface area (Å²) in [4.78, 5) is 5.17. The number of piperidine rings is 1. The predicted octanol–water partition coefficient (Wildman–Crippen LogP) is 1.44. The maximum absolute atomic E-state index is 5.38. The highest BCUT2D eigenvalue weighted by molar-refractivity contribution is 4.74. The summed E-state index contributed by atoms with van der Waals surface area (Å²) in [6.07, 6.45) is 4.24. The molecule has 2 aliphatic rings. The van der Waals surface area contributed by atoms with Crippen LogP contribution in [-0.2, 0) is 4.74 Å². The van der Waals surface area contributed by atoms with Crippen LogP contribution in [0.5, 0.6) is 0 Å². The van der Waals surface area contributed by atoms with E-state index in [1.54, 1.807) is 0 Å². The summed E-state index contributed by atoms with van der Waals surface area (Å²) in [5.41, 5.74) is 0. The number of nitrogens with zero attached hydrogens (tertiary/aromatic N) is 2. The fraction of sp³-hybridized carbons (Fsp3) is 1.00. The van der Waals surface area contributed by atoms with Crippen LogP contribution in [0.3, 0.4) is 0 Å². The van der Waals surface area contributed by atoms with Gasteiger partial charge in [-0.05, 0) is 44.8 Å². The fourth-order valence-corrected chi connectivity index (χ4v) is 2.86. The maximum atomic E-state index is 5.38. The molecule has 2 fully saturated rings. The zero-order valence-electron chi connectivity index (χ0n) is 10.7. The number of hydrogen-bond acceptors (Lipinski definition) is 3. The van der Waals surface area contributed by atoms with Gasteiger partial charge >= 0.3 is 0 Å². The van der Waals surface area contributed by atoms with Crippen LogP contribution < -0.4 is 0 Å². The standard InChI is InChI=1S/C13H26N2O/c1-2-14-6-3-4-13(12-14)5-7-15-8-10-16-11-9-15/h13H,2-12H2,1H3. The van der Waals surface area contributed by atoms with Gasteiger partial charge < -0.3 is 9.64 Å². The number of morpholine rings is 1. The summed E-state index contributed by atoms with van der Waals surface area (Å²) in [7, 11) is 0. The summed E-state index contributed by atoms with van der Waals surface area (Å²) in [5, 5.41) is 0. The van der Waals surface area contributed by atoms with Crippen LogP contribution >= 0.6 is 0 Å². The van der Waals surface area contributed by atoms with Crippen molar-refractivity contribution in [2.45, 2.75) is 26.2 Å². The molecule has 0 aromatic rings. The minimum absolute atomic E-state index is 0.936. The second kappa shape index (κ2) is 6.58. The van der Waals surface area contributed by atoms with Gasteiger partial charge in [0.1, 0.15) is 0 Å². The van der Waals surface area contributed by atoms with Crippen molar-refractivity contribution in [1.82, 2.24) is 9.80 Å². The first-order valence-electron chi connectivity index (χ1n) is 6.91. The predicted molar refractivity (Wildman–Crippen MR) is 66.7 cm³/mol. The number of rotatable bonds is 4. The Morgan fingerprint density at radius 1 is 1.12 bits per heavy atom. The van der Waals surface area contributed by atoms with Crippen molar-refractivity contribution in [3.8, 4) is 0 Å². The lowest BCUT2D eigenvalue weighted by Gasteiger charge is -2.34. The SMILES string of the molecule is CCN1CCCC(CCN2CCOCC2)C1. The lowest BCUT2D eigenvalue weighted by molar-refractivity contribution is 0.0331. The number of likely N-dealkylation sites (tertiary alicyclic amines) is 1. The molecule has 0 spiro atoms. The van der Waals surface area contributed by atoms with Crippen molar-refractivity contribution in [3.63, 3.8) is 0 Å². The van der Waals surface area contributed by atoms with E-state index in [1.807, 2.05) is 0 Å². The molecular weight excluding hydrogens is 200 g/mol. The van der Waals surface area contributed by atoms with E-state index < -0.39 is 0 Å². The molecule has 1 atom stereocenters. The summed E-state index contributed by atoms with van der Waals surface area (Å²) >= 11 is 0. The van der Waals surface area contributed by atoms with Gasteiger partial charge in [0, 0.05) is 19.6 Å². The van der Waals surface area contributed by atoms with E-state index in [9.17, 15) is 0 Å². The smallest absolute Gasteiger partial charge is 0.0594 e. The third-order valence-electron chi connectivity index (χ3n) is 4.01. The monoisotopic (exact) mass is 226 g/mol. The Kier molecular flexibility index (Phi) is 5.07. The molecule has 94 valence electrons. The summed E-state index contributed by atoms with van der Waals surface area (Å²) in [5.74, 6) is 0.941. The molecule has 1 unspecified atom stereocenters. The molecule has 2 aliphatic heterocycles. The molecular formula is C13H26N2O. The van der Waals surface area contributed by atoms with E-state index >= 15 is 0 Å². The second-order valence-corrected chi connectivity index (χ2v) is 5.14. The van der Waals surface area contributed by atoms with Crippen molar-refractivity contribution >= 4 is 0 Å². The minimum Gasteiger partial charge on any atom is -0.379 e. The normalized spacial score (nSPS) is 29.4. The molecule has 0 saturated carbocycles. The fourth-order valence-electron chi connectivity index (χ4n) is 2.86. The van der Waals surface area contributed by atoms with Crippen LogP contribution in [0.4, 0.5) is 0 Å². The van der Waals surface area contributed by atoms with E-state index in [4.69, 9.17) is 4.74 Å². The van der Waals surface area contributed by atoms with Gasteiger partial charge in [-0.25, -0.2) is 0 Å². The first-order chi connectivity index (χ1) is 7.88. The van der Waals surface area contributed by atoms with E-state index in [0.717, 1.165) is 32.2 Å². The molecule has 0 aromatic carbocycles. The van der Waals surface area contributed by atoms with Crippen LogP contribution in [0.15, 0.2) is 0 Å². The summed E-state index contributed by atoms with van der Waals surface area (Å²) in [6, 6.07) is 0. The molecule has 2 heterocycles. The van der Waals surface area contributed by atoms with Crippen LogP contribution in [0, 0.1) is 5.92 Å². The highest BCUT2D eigenvalue weighted by atomic mass is 16.5. The third kappa shape index (κ3) is 3.72. The van der Waals surface area contributed by atoms with Gasteiger partial charge in [-0.3, -0.25) is 4.90 Å². The average molecular weight is 226 g/mol. The average Bonchev–Trinajstić information content (AvgIpc) is 2.38. The molecule has 3 nitrogen and oxygen atoms in total. The number of ether oxygens (including phenoxy) is 1. The van der Waals surface area contributed by atoms with Crippen molar-refractivity contribution in [3.05, 3.63) is 0 Å². The van der Waals surface area contributed by atoms with Crippen LogP contribution in [-0.4, -0.2) is 62.3 Å². The molecule has 0 aliphatic carbocycles. The Morgan fingerprint density at radius 2 is 1.94 bits per heavy atom. The van der Waals surface area contributed by atoms with Crippen molar-refractivity contribution < 1.29 is 4.74 Å². The summed E-state index contributed by atoms with van der Waals surface area (Å²) < 4.78 is 5.38. The van der Waals surface area contributed by atoms with Crippen molar-refractivity contribution in [2.75, 3.05) is 52.5 Å². The van der Waals surface area contributed by atoms with E-state index in [0.29, 0.717) is 0 Å². The first kappa shape index (κ1) is 12.3. The molecule has 2 rings (SSSR count). The Morgan fingerprint density at radius 3 is 2.69 bits per heavy atom. The van der Waals surface area contributed by atoms with Crippen LogP contribution in [0.1, 0.15) is 26.2 Å². The zero-order valence-corrected chi connectivity index (χ0v) is 10.7. The minimum atomic E-state index is 0.936. The molecule has 0 bridgehead atoms. The molecule has 0 aromatic heterocycles. The van der Waals surface area contributed by atoms with Gasteiger partial charge in [-0.2, -0.15) is 0 Å². The molecule has 0 radical (unpaired) electrons. The summed E-state index contributed by atoms with van der Waals surface area (Å²) in [6.45, 7) is 11.6. The van der Waals surface area contributed by atoms with Crippen molar-refractivity contribution in [1.29, 1.82) is 0 Å².